The summed E-state index contributed by atoms with van der Waals surface area (Å²) in [6, 6.07) is 16.2. The first-order valence-corrected chi connectivity index (χ1v) is 11.5. The first kappa shape index (κ1) is 24.3. The Balaban J connectivity index is 1.43. The molecule has 0 saturated heterocycles. The first-order valence-electron chi connectivity index (χ1n) is 11.5. The number of alkyl carbamates (subject to hydrolysis) is 1. The Morgan fingerprint density at radius 2 is 1.61 bits per heavy atom. The smallest absolute Gasteiger partial charge is 0.407 e. The molecule has 3 rings (SSSR count). The zero-order valence-electron chi connectivity index (χ0n) is 19.2. The fourth-order valence-electron chi connectivity index (χ4n) is 4.19. The van der Waals surface area contributed by atoms with E-state index < -0.39 is 12.1 Å². The summed E-state index contributed by atoms with van der Waals surface area (Å²) >= 11 is 0. The molecule has 0 fully saturated rings. The van der Waals surface area contributed by atoms with Gasteiger partial charge in [-0.05, 0) is 41.5 Å². The molecular weight excluding hydrogens is 420 g/mol. The summed E-state index contributed by atoms with van der Waals surface area (Å²) < 4.78 is 5.51. The molecule has 176 valence electrons. The molecule has 0 aliphatic heterocycles. The highest BCUT2D eigenvalue weighted by Crippen LogP contribution is 2.44. The van der Waals surface area contributed by atoms with Crippen molar-refractivity contribution in [3.8, 4) is 11.1 Å². The molecule has 2 aromatic rings. The molecule has 0 saturated carbocycles. The van der Waals surface area contributed by atoms with Crippen LogP contribution < -0.4 is 10.6 Å². The molecule has 7 nitrogen and oxygen atoms in total. The maximum Gasteiger partial charge on any atom is 0.407 e. The molecule has 2 aromatic carbocycles. The maximum absolute atomic E-state index is 12.4. The minimum atomic E-state index is -0.872. The van der Waals surface area contributed by atoms with Crippen LogP contribution in [0.15, 0.2) is 48.5 Å². The molecule has 0 spiro atoms. The molecule has 1 aliphatic carbocycles. The number of hydrogen-bond acceptors (Lipinski definition) is 4. The summed E-state index contributed by atoms with van der Waals surface area (Å²) in [7, 11) is 0. The summed E-state index contributed by atoms with van der Waals surface area (Å²) in [6.07, 6.45) is 1.06. The number of amides is 2. The van der Waals surface area contributed by atoms with Crippen LogP contribution in [0, 0.1) is 5.92 Å². The van der Waals surface area contributed by atoms with Crippen molar-refractivity contribution in [1.29, 1.82) is 0 Å². The van der Waals surface area contributed by atoms with E-state index in [1.807, 2.05) is 31.2 Å². The van der Waals surface area contributed by atoms with Crippen LogP contribution in [0.25, 0.3) is 11.1 Å². The average molecular weight is 453 g/mol. The zero-order valence-corrected chi connectivity index (χ0v) is 19.2. The van der Waals surface area contributed by atoms with Gasteiger partial charge in [0.2, 0.25) is 5.91 Å². The standard InChI is InChI=1S/C26H32N2O5/c1-3-18(12-13-24(29)30)28-25(31)17(2)14-15-27-26(32)33-16-23-21-10-6-4-8-19(21)20-9-5-7-11-22(20)23/h4-11,17-18,23H,3,12-16H2,1-2H3,(H,27,32)(H,28,31)(H,29,30). The van der Waals surface area contributed by atoms with Crippen molar-refractivity contribution in [2.75, 3.05) is 13.2 Å². The van der Waals surface area contributed by atoms with Crippen molar-refractivity contribution in [2.24, 2.45) is 5.92 Å². The lowest BCUT2D eigenvalue weighted by molar-refractivity contribution is -0.137. The van der Waals surface area contributed by atoms with Crippen LogP contribution in [0.4, 0.5) is 4.79 Å². The fourth-order valence-corrected chi connectivity index (χ4v) is 4.19. The number of ether oxygens (including phenoxy) is 1. The number of benzene rings is 2. The molecule has 2 atom stereocenters. The SMILES string of the molecule is CCC(CCC(=O)O)NC(=O)C(C)CCNC(=O)OCC1c2ccccc2-c2ccccc21. The van der Waals surface area contributed by atoms with Gasteiger partial charge in [0, 0.05) is 30.8 Å². The van der Waals surface area contributed by atoms with Crippen molar-refractivity contribution in [1.82, 2.24) is 10.6 Å². The number of carbonyl (C=O) groups is 3. The zero-order chi connectivity index (χ0) is 23.8. The van der Waals surface area contributed by atoms with E-state index >= 15 is 0 Å². The average Bonchev–Trinajstić information content (AvgIpc) is 3.13. The minimum absolute atomic E-state index is 0.00429. The summed E-state index contributed by atoms with van der Waals surface area (Å²) in [6.45, 7) is 4.27. The van der Waals surface area contributed by atoms with Crippen LogP contribution in [0.2, 0.25) is 0 Å². The quantitative estimate of drug-likeness (QED) is 0.471. The lowest BCUT2D eigenvalue weighted by atomic mass is 9.98. The van der Waals surface area contributed by atoms with Gasteiger partial charge in [-0.1, -0.05) is 62.4 Å². The number of rotatable bonds is 11. The van der Waals surface area contributed by atoms with E-state index in [0.717, 1.165) is 11.1 Å². The molecule has 1 aliphatic rings. The van der Waals surface area contributed by atoms with Gasteiger partial charge in [-0.2, -0.15) is 0 Å². The van der Waals surface area contributed by atoms with Crippen molar-refractivity contribution < 1.29 is 24.2 Å². The van der Waals surface area contributed by atoms with Gasteiger partial charge in [0.1, 0.15) is 6.61 Å². The molecule has 2 amide bonds. The summed E-state index contributed by atoms with van der Waals surface area (Å²) in [4.78, 5) is 35.4. The topological polar surface area (TPSA) is 105 Å². The summed E-state index contributed by atoms with van der Waals surface area (Å²) in [5, 5.41) is 14.4. The van der Waals surface area contributed by atoms with E-state index in [1.54, 1.807) is 6.92 Å². The Morgan fingerprint density at radius 1 is 1.00 bits per heavy atom. The fraction of sp³-hybridized carbons (Fsp3) is 0.423. The number of carboxylic acids is 1. The van der Waals surface area contributed by atoms with Gasteiger partial charge < -0.3 is 20.5 Å². The van der Waals surface area contributed by atoms with Crippen LogP contribution in [0.5, 0.6) is 0 Å². The molecule has 0 aromatic heterocycles. The summed E-state index contributed by atoms with van der Waals surface area (Å²) in [5.74, 6) is -1.31. The van der Waals surface area contributed by atoms with Crippen LogP contribution in [-0.4, -0.2) is 42.3 Å². The van der Waals surface area contributed by atoms with E-state index in [2.05, 4.69) is 34.9 Å². The van der Waals surface area contributed by atoms with Gasteiger partial charge in [-0.15, -0.1) is 0 Å². The number of carbonyl (C=O) groups excluding carboxylic acids is 2. The predicted molar refractivity (Wildman–Crippen MR) is 126 cm³/mol. The molecule has 33 heavy (non-hydrogen) atoms. The molecular formula is C26H32N2O5. The lowest BCUT2D eigenvalue weighted by Crippen LogP contribution is -2.39. The van der Waals surface area contributed by atoms with Gasteiger partial charge in [0.05, 0.1) is 0 Å². The number of fused-ring (bicyclic) bond motifs is 3. The van der Waals surface area contributed by atoms with Crippen LogP contribution in [0.1, 0.15) is 56.6 Å². The minimum Gasteiger partial charge on any atom is -0.481 e. The Morgan fingerprint density at radius 3 is 2.18 bits per heavy atom. The number of carboxylic acid groups (broad SMARTS) is 1. The van der Waals surface area contributed by atoms with E-state index in [9.17, 15) is 14.4 Å². The van der Waals surface area contributed by atoms with E-state index in [-0.39, 0.29) is 36.8 Å². The number of nitrogens with one attached hydrogen (secondary N) is 2. The van der Waals surface area contributed by atoms with Crippen LogP contribution in [-0.2, 0) is 14.3 Å². The third kappa shape index (κ3) is 6.34. The van der Waals surface area contributed by atoms with Gasteiger partial charge in [0.25, 0.3) is 0 Å². The first-order chi connectivity index (χ1) is 15.9. The van der Waals surface area contributed by atoms with Gasteiger partial charge in [-0.25, -0.2) is 4.79 Å². The van der Waals surface area contributed by atoms with Gasteiger partial charge in [0.15, 0.2) is 0 Å². The van der Waals surface area contributed by atoms with E-state index in [1.165, 1.54) is 11.1 Å². The summed E-state index contributed by atoms with van der Waals surface area (Å²) in [5.41, 5.74) is 4.67. The maximum atomic E-state index is 12.4. The second-order valence-electron chi connectivity index (χ2n) is 8.49. The third-order valence-electron chi connectivity index (χ3n) is 6.18. The lowest BCUT2D eigenvalue weighted by Gasteiger charge is -2.19. The van der Waals surface area contributed by atoms with Crippen molar-refractivity contribution >= 4 is 18.0 Å². The Bertz CT molecular complexity index is 945. The second kappa shape index (κ2) is 11.5. The monoisotopic (exact) mass is 452 g/mol. The van der Waals surface area contributed by atoms with Crippen molar-refractivity contribution in [2.45, 2.75) is 51.5 Å². The van der Waals surface area contributed by atoms with Crippen molar-refractivity contribution in [3.05, 3.63) is 59.7 Å². The normalized spacial score (nSPS) is 14.0. The third-order valence-corrected chi connectivity index (χ3v) is 6.18. The highest BCUT2D eigenvalue weighted by atomic mass is 16.5. The molecule has 7 heteroatoms. The molecule has 0 radical (unpaired) electrons. The highest BCUT2D eigenvalue weighted by molar-refractivity contribution is 5.79. The number of hydrogen-bond donors (Lipinski definition) is 3. The molecule has 2 unspecified atom stereocenters. The Kier molecular flexibility index (Phi) is 8.46. The second-order valence-corrected chi connectivity index (χ2v) is 8.49. The van der Waals surface area contributed by atoms with Crippen molar-refractivity contribution in [3.63, 3.8) is 0 Å². The van der Waals surface area contributed by atoms with Gasteiger partial charge in [-0.3, -0.25) is 9.59 Å². The van der Waals surface area contributed by atoms with Gasteiger partial charge >= 0.3 is 12.1 Å². The molecule has 0 heterocycles. The van der Waals surface area contributed by atoms with Crippen LogP contribution in [0.3, 0.4) is 0 Å². The van der Waals surface area contributed by atoms with E-state index in [4.69, 9.17) is 9.84 Å². The largest absolute Gasteiger partial charge is 0.481 e. The highest BCUT2D eigenvalue weighted by Gasteiger charge is 2.29. The predicted octanol–water partition coefficient (Wildman–Crippen LogP) is 4.31. The Labute approximate surface area is 194 Å². The molecule has 0 bridgehead atoms. The van der Waals surface area contributed by atoms with Crippen LogP contribution >= 0.6 is 0 Å². The number of aliphatic carboxylic acids is 1. The Hall–Kier alpha value is -3.35. The molecule has 3 N–H and O–H groups in total. The van der Waals surface area contributed by atoms with E-state index in [0.29, 0.717) is 25.8 Å².